The number of nitrogens with zero attached hydrogens (tertiary/aromatic N) is 2. The monoisotopic (exact) mass is 561 g/mol. The molecule has 0 spiro atoms. The Morgan fingerprint density at radius 3 is 2.48 bits per heavy atom. The highest BCUT2D eigenvalue weighted by atomic mass is 32.1. The van der Waals surface area contributed by atoms with Crippen molar-refractivity contribution in [2.24, 2.45) is 5.92 Å². The lowest BCUT2D eigenvalue weighted by Crippen LogP contribution is -2.47. The third-order valence-electron chi connectivity index (χ3n) is 7.12. The summed E-state index contributed by atoms with van der Waals surface area (Å²) in [5.41, 5.74) is 2.06. The molecule has 1 N–H and O–H groups in total. The number of para-hydroxylation sites is 1. The van der Waals surface area contributed by atoms with Crippen molar-refractivity contribution in [3.05, 3.63) is 60.2 Å². The largest absolute Gasteiger partial charge is 0.493 e. The first-order chi connectivity index (χ1) is 19.5. The van der Waals surface area contributed by atoms with Gasteiger partial charge in [0.05, 0.1) is 43.5 Å². The summed E-state index contributed by atoms with van der Waals surface area (Å²) in [5.74, 6) is 1.42. The van der Waals surface area contributed by atoms with Gasteiger partial charge >= 0.3 is 0 Å². The van der Waals surface area contributed by atoms with Crippen molar-refractivity contribution in [2.45, 2.75) is 18.9 Å². The minimum absolute atomic E-state index is 0.107. The highest BCUT2D eigenvalue weighted by Crippen LogP contribution is 2.47. The Kier molecular flexibility index (Phi) is 6.81. The van der Waals surface area contributed by atoms with Gasteiger partial charge < -0.3 is 33.9 Å². The molecule has 11 heteroatoms. The summed E-state index contributed by atoms with van der Waals surface area (Å²) in [4.78, 5) is 33.7. The van der Waals surface area contributed by atoms with Crippen molar-refractivity contribution in [2.75, 3.05) is 38.3 Å². The van der Waals surface area contributed by atoms with Crippen LogP contribution in [0.3, 0.4) is 0 Å². The molecule has 2 amide bonds. The molecule has 10 nitrogen and oxygen atoms in total. The molecule has 3 heterocycles. The van der Waals surface area contributed by atoms with E-state index in [2.05, 4.69) is 10.3 Å². The molecule has 3 aromatic carbocycles. The number of piperidine rings is 1. The Hall–Kier alpha value is -4.51. The zero-order valence-corrected chi connectivity index (χ0v) is 22.9. The molecule has 0 unspecified atom stereocenters. The minimum Gasteiger partial charge on any atom is -0.493 e. The maximum Gasteiger partial charge on any atom is 0.231 e. The Balaban J connectivity index is 1.45. The zero-order chi connectivity index (χ0) is 27.8. The van der Waals surface area contributed by atoms with E-state index in [9.17, 15) is 9.59 Å². The molecule has 4 aromatic rings. The number of carbonyl (C=O) groups excluding carboxylic acids is 2. The van der Waals surface area contributed by atoms with Crippen molar-refractivity contribution < 1.29 is 33.3 Å². The van der Waals surface area contributed by atoms with E-state index in [1.54, 1.807) is 35.2 Å². The maximum atomic E-state index is 13.9. The number of carbonyl (C=O) groups is 2. The molecule has 2 aliphatic rings. The topological polar surface area (TPSA) is 108 Å². The maximum absolute atomic E-state index is 13.9. The highest BCUT2D eigenvalue weighted by molar-refractivity contribution is 7.22. The molecule has 40 heavy (non-hydrogen) atoms. The molecule has 0 bridgehead atoms. The number of benzene rings is 3. The molecule has 6 rings (SSSR count). The molecule has 2 aliphatic heterocycles. The number of amides is 2. The van der Waals surface area contributed by atoms with Gasteiger partial charge in [-0.3, -0.25) is 9.59 Å². The molecular formula is C29H27N3O7S. The Morgan fingerprint density at radius 2 is 1.75 bits per heavy atom. The van der Waals surface area contributed by atoms with E-state index < -0.39 is 12.0 Å². The first kappa shape index (κ1) is 25.8. The predicted molar refractivity (Wildman–Crippen MR) is 150 cm³/mol. The summed E-state index contributed by atoms with van der Waals surface area (Å²) >= 11 is 1.40. The van der Waals surface area contributed by atoms with Crippen LogP contribution in [-0.2, 0) is 9.59 Å². The van der Waals surface area contributed by atoms with Gasteiger partial charge in [0.1, 0.15) is 0 Å². The smallest absolute Gasteiger partial charge is 0.231 e. The van der Waals surface area contributed by atoms with Gasteiger partial charge in [-0.05, 0) is 48.4 Å². The fraction of sp³-hybridized carbons (Fsp3) is 0.276. The van der Waals surface area contributed by atoms with Crippen LogP contribution in [0.1, 0.15) is 24.4 Å². The predicted octanol–water partition coefficient (Wildman–Crippen LogP) is 5.17. The lowest BCUT2D eigenvalue weighted by molar-refractivity contribution is -0.125. The van der Waals surface area contributed by atoms with Gasteiger partial charge in [-0.25, -0.2) is 4.98 Å². The molecule has 1 fully saturated rings. The van der Waals surface area contributed by atoms with Crippen LogP contribution in [-0.4, -0.2) is 44.9 Å². The van der Waals surface area contributed by atoms with Gasteiger partial charge in [0, 0.05) is 18.2 Å². The van der Waals surface area contributed by atoms with Crippen molar-refractivity contribution in [3.8, 4) is 28.7 Å². The average molecular weight is 562 g/mol. The number of anilines is 2. The lowest BCUT2D eigenvalue weighted by Gasteiger charge is -2.41. The number of aromatic nitrogens is 1. The third kappa shape index (κ3) is 4.51. The number of rotatable bonds is 7. The molecule has 1 aromatic heterocycles. The van der Waals surface area contributed by atoms with Crippen molar-refractivity contribution in [3.63, 3.8) is 0 Å². The molecule has 0 saturated carbocycles. The number of hydrogen-bond donors (Lipinski definition) is 1. The molecule has 206 valence electrons. The second-order valence-corrected chi connectivity index (χ2v) is 10.4. The van der Waals surface area contributed by atoms with Crippen molar-refractivity contribution in [1.82, 2.24) is 4.98 Å². The number of fused-ring (bicyclic) bond motifs is 2. The molecule has 0 aliphatic carbocycles. The van der Waals surface area contributed by atoms with Crippen LogP contribution in [0.4, 0.5) is 10.8 Å². The van der Waals surface area contributed by atoms with Gasteiger partial charge in [-0.1, -0.05) is 23.5 Å². The summed E-state index contributed by atoms with van der Waals surface area (Å²) in [6.07, 6.45) is 0.533. The van der Waals surface area contributed by atoms with Gasteiger partial charge in [-0.2, -0.15) is 0 Å². The summed E-state index contributed by atoms with van der Waals surface area (Å²) < 4.78 is 28.8. The number of hydrogen-bond acceptors (Lipinski definition) is 9. The van der Waals surface area contributed by atoms with Gasteiger partial charge in [0.15, 0.2) is 28.1 Å². The van der Waals surface area contributed by atoms with E-state index in [0.717, 1.165) is 10.2 Å². The van der Waals surface area contributed by atoms with Crippen LogP contribution in [0.5, 0.6) is 28.7 Å². The van der Waals surface area contributed by atoms with Crippen molar-refractivity contribution in [1.29, 1.82) is 0 Å². The fourth-order valence-corrected chi connectivity index (χ4v) is 6.15. The number of methoxy groups -OCH3 is 3. The Labute approximate surface area is 234 Å². The van der Waals surface area contributed by atoms with Gasteiger partial charge in [-0.15, -0.1) is 0 Å². The van der Waals surface area contributed by atoms with Crippen LogP contribution < -0.4 is 33.9 Å². The summed E-state index contributed by atoms with van der Waals surface area (Å²) in [5, 5.41) is 3.51. The quantitative estimate of drug-likeness (QED) is 0.329. The van der Waals surface area contributed by atoms with E-state index >= 15 is 0 Å². The minimum atomic E-state index is -0.690. The summed E-state index contributed by atoms with van der Waals surface area (Å²) in [6, 6.07) is 15.9. The van der Waals surface area contributed by atoms with E-state index in [4.69, 9.17) is 23.7 Å². The van der Waals surface area contributed by atoms with Crippen LogP contribution >= 0.6 is 11.3 Å². The van der Waals surface area contributed by atoms with Gasteiger partial charge in [0.25, 0.3) is 0 Å². The molecule has 0 radical (unpaired) electrons. The lowest BCUT2D eigenvalue weighted by atomic mass is 9.83. The fourth-order valence-electron chi connectivity index (χ4n) is 5.28. The third-order valence-corrected chi connectivity index (χ3v) is 8.07. The van der Waals surface area contributed by atoms with Gasteiger partial charge in [0.2, 0.25) is 24.4 Å². The molecular weight excluding hydrogens is 534 g/mol. The number of nitrogens with one attached hydrogen (secondary N) is 1. The van der Waals surface area contributed by atoms with Crippen LogP contribution in [0.15, 0.2) is 54.6 Å². The highest BCUT2D eigenvalue weighted by Gasteiger charge is 2.43. The Bertz CT molecular complexity index is 1550. The van der Waals surface area contributed by atoms with E-state index in [-0.39, 0.29) is 25.0 Å². The standard InChI is InChI=1S/C29H27N3O7S/c1-35-22-12-16(13-23(36-2)27(22)37-3)26-18(28(34)31-29-30-19-6-4-5-7-24(19)40-29)9-11-25(33)32(26)17-8-10-20-21(14-17)39-15-38-20/h4-8,10,12-14,18,26H,9,11,15H2,1-3H3,(H,30,31,34)/t18-,26+/m0/s1. The normalized spacial score (nSPS) is 18.1. The summed E-state index contributed by atoms with van der Waals surface area (Å²) in [6.45, 7) is 0.107. The van der Waals surface area contributed by atoms with Crippen LogP contribution in [0.25, 0.3) is 10.2 Å². The van der Waals surface area contributed by atoms with Crippen LogP contribution in [0.2, 0.25) is 0 Å². The second-order valence-electron chi connectivity index (χ2n) is 9.33. The average Bonchev–Trinajstić information content (AvgIpc) is 3.62. The zero-order valence-electron chi connectivity index (χ0n) is 22.1. The SMILES string of the molecule is COc1cc([C@@H]2[C@@H](C(=O)Nc3nc4ccccc4s3)CCC(=O)N2c2ccc3c(c2)OCO3)cc(OC)c1OC. The molecule has 1 saturated heterocycles. The van der Waals surface area contributed by atoms with Crippen molar-refractivity contribution >= 4 is 44.2 Å². The second kappa shape index (κ2) is 10.6. The van der Waals surface area contributed by atoms with E-state index in [0.29, 0.717) is 51.6 Å². The van der Waals surface area contributed by atoms with Crippen LogP contribution in [0, 0.1) is 5.92 Å². The first-order valence-corrected chi connectivity index (χ1v) is 13.5. The summed E-state index contributed by atoms with van der Waals surface area (Å²) in [7, 11) is 4.58. The van der Waals surface area contributed by atoms with E-state index in [1.807, 2.05) is 24.3 Å². The Morgan fingerprint density at radius 1 is 1.00 bits per heavy atom. The van der Waals surface area contributed by atoms with E-state index in [1.165, 1.54) is 32.7 Å². The molecule has 2 atom stereocenters. The first-order valence-electron chi connectivity index (χ1n) is 12.7. The number of ether oxygens (including phenoxy) is 5. The number of thiazole rings is 1.